The molecular weight excluding hydrogens is 528 g/mol. The largest absolute Gasteiger partial charge is 0.500 e. The second-order valence-corrected chi connectivity index (χ2v) is 12.9. The van der Waals surface area contributed by atoms with Gasteiger partial charge in [-0.05, 0) is 61.1 Å². The molecule has 0 aromatic heterocycles. The van der Waals surface area contributed by atoms with Gasteiger partial charge in [0.15, 0.2) is 0 Å². The summed E-state index contributed by atoms with van der Waals surface area (Å²) in [5.74, 6) is 0.604. The molecule has 4 nitrogen and oxygen atoms in total. The van der Waals surface area contributed by atoms with Gasteiger partial charge in [0.2, 0.25) is 0 Å². The average Bonchev–Trinajstić information content (AvgIpc) is 2.95. The normalized spacial score (nSPS) is 11.6. The molecule has 0 aliphatic heterocycles. The van der Waals surface area contributed by atoms with Crippen molar-refractivity contribution in [3.05, 3.63) is 59.7 Å². The van der Waals surface area contributed by atoms with Crippen LogP contribution in [0.15, 0.2) is 48.5 Å². The third-order valence-corrected chi connectivity index (χ3v) is 8.62. The number of benzene rings is 2. The summed E-state index contributed by atoms with van der Waals surface area (Å²) >= 11 is 0. The van der Waals surface area contributed by atoms with E-state index in [1.807, 2.05) is 36.4 Å². The summed E-state index contributed by atoms with van der Waals surface area (Å²) in [6, 6.07) is 14.7. The van der Waals surface area contributed by atoms with Crippen molar-refractivity contribution in [2.45, 2.75) is 155 Å². The number of hydrogen-bond acceptors (Lipinski definition) is 4. The number of rotatable bonds is 26. The first-order valence-corrected chi connectivity index (χ1v) is 18.2. The highest BCUT2D eigenvalue weighted by atomic mass is 32.3. The van der Waals surface area contributed by atoms with Crippen molar-refractivity contribution in [1.82, 2.24) is 0 Å². The average molecular weight is 587 g/mol. The smallest absolute Gasteiger partial charge is 0.353 e. The number of hydrogen-bond donors (Lipinski definition) is 0. The van der Waals surface area contributed by atoms with Crippen LogP contribution >= 0.6 is 0 Å². The van der Waals surface area contributed by atoms with Gasteiger partial charge in [-0.2, -0.15) is 0 Å². The summed E-state index contributed by atoms with van der Waals surface area (Å²) in [6.45, 7) is 4.52. The molecule has 0 radical (unpaired) electrons. The Balaban J connectivity index is 1.66. The van der Waals surface area contributed by atoms with Crippen LogP contribution in [-0.4, -0.2) is 8.42 Å². The fraction of sp³-hybridized carbons (Fsp3) is 0.667. The van der Waals surface area contributed by atoms with Gasteiger partial charge >= 0.3 is 10.4 Å². The lowest BCUT2D eigenvalue weighted by Crippen LogP contribution is -2.16. The van der Waals surface area contributed by atoms with E-state index in [0.717, 1.165) is 36.8 Å². The summed E-state index contributed by atoms with van der Waals surface area (Å²) in [5, 5.41) is 0. The second-order valence-electron chi connectivity index (χ2n) is 11.7. The molecule has 2 rings (SSSR count). The van der Waals surface area contributed by atoms with Crippen LogP contribution in [0.4, 0.5) is 0 Å². The molecule has 0 fully saturated rings. The summed E-state index contributed by atoms with van der Waals surface area (Å²) in [7, 11) is -4.21. The van der Waals surface area contributed by atoms with E-state index >= 15 is 0 Å². The second kappa shape index (κ2) is 22.6. The van der Waals surface area contributed by atoms with Crippen molar-refractivity contribution in [3.63, 3.8) is 0 Å². The Morgan fingerprint density at radius 1 is 0.463 bits per heavy atom. The van der Waals surface area contributed by atoms with E-state index in [9.17, 15) is 8.42 Å². The Labute approximate surface area is 253 Å². The Hall–Kier alpha value is -2.01. The van der Waals surface area contributed by atoms with Crippen molar-refractivity contribution in [2.75, 3.05) is 0 Å². The Kier molecular flexibility index (Phi) is 19.4. The zero-order valence-electron chi connectivity index (χ0n) is 26.2. The molecule has 41 heavy (non-hydrogen) atoms. The lowest BCUT2D eigenvalue weighted by molar-refractivity contribution is 0.392. The molecule has 5 heteroatoms. The SMILES string of the molecule is CCCCCCCCCCCCc1cccc(OS(=O)(=O)Oc2cccc(CCCCCCCCCCCC)c2)c1. The van der Waals surface area contributed by atoms with Crippen LogP contribution in [0, 0.1) is 0 Å². The van der Waals surface area contributed by atoms with E-state index in [-0.39, 0.29) is 0 Å². The molecular formula is C36H58O4S. The third kappa shape index (κ3) is 18.2. The molecule has 0 heterocycles. The van der Waals surface area contributed by atoms with Gasteiger partial charge in [-0.15, -0.1) is 8.42 Å². The van der Waals surface area contributed by atoms with E-state index in [1.54, 1.807) is 12.1 Å². The Morgan fingerprint density at radius 2 is 0.780 bits per heavy atom. The van der Waals surface area contributed by atoms with Crippen molar-refractivity contribution < 1.29 is 16.8 Å². The van der Waals surface area contributed by atoms with Crippen LogP contribution in [-0.2, 0) is 23.2 Å². The topological polar surface area (TPSA) is 52.6 Å². The van der Waals surface area contributed by atoms with Crippen LogP contribution in [0.2, 0.25) is 0 Å². The third-order valence-electron chi connectivity index (χ3n) is 7.83. The van der Waals surface area contributed by atoms with Gasteiger partial charge in [-0.25, -0.2) is 0 Å². The lowest BCUT2D eigenvalue weighted by Gasteiger charge is -2.10. The molecule has 0 saturated heterocycles. The van der Waals surface area contributed by atoms with Gasteiger partial charge in [0.05, 0.1) is 0 Å². The van der Waals surface area contributed by atoms with Crippen molar-refractivity contribution >= 4 is 10.4 Å². The molecule has 0 bridgehead atoms. The number of unbranched alkanes of at least 4 members (excludes halogenated alkanes) is 18. The minimum atomic E-state index is -4.21. The zero-order chi connectivity index (χ0) is 29.4. The Morgan fingerprint density at radius 3 is 1.12 bits per heavy atom. The maximum atomic E-state index is 12.6. The quantitative estimate of drug-likeness (QED) is 0.103. The van der Waals surface area contributed by atoms with Crippen molar-refractivity contribution in [3.8, 4) is 11.5 Å². The molecule has 0 saturated carbocycles. The van der Waals surface area contributed by atoms with E-state index in [4.69, 9.17) is 8.37 Å². The maximum Gasteiger partial charge on any atom is 0.500 e. The predicted octanol–water partition coefficient (Wildman–Crippen LogP) is 11.3. The van der Waals surface area contributed by atoms with Gasteiger partial charge in [-0.3, -0.25) is 0 Å². The molecule has 0 atom stereocenters. The molecule has 2 aromatic carbocycles. The molecule has 2 aromatic rings. The monoisotopic (exact) mass is 586 g/mol. The van der Waals surface area contributed by atoms with Gasteiger partial charge in [-0.1, -0.05) is 154 Å². The van der Waals surface area contributed by atoms with Crippen LogP contribution in [0.25, 0.3) is 0 Å². The molecule has 0 aliphatic rings. The van der Waals surface area contributed by atoms with E-state index in [2.05, 4.69) is 13.8 Å². The van der Waals surface area contributed by atoms with Crippen LogP contribution in [0.5, 0.6) is 11.5 Å². The Bertz CT molecular complexity index is 942. The number of aryl methyl sites for hydroxylation is 2. The molecule has 0 aliphatic carbocycles. The fourth-order valence-corrected chi connectivity index (χ4v) is 6.10. The zero-order valence-corrected chi connectivity index (χ0v) is 27.0. The van der Waals surface area contributed by atoms with Crippen LogP contribution in [0.3, 0.4) is 0 Å². The van der Waals surface area contributed by atoms with Gasteiger partial charge in [0.25, 0.3) is 0 Å². The van der Waals surface area contributed by atoms with E-state index < -0.39 is 10.4 Å². The first-order chi connectivity index (χ1) is 20.0. The van der Waals surface area contributed by atoms with Gasteiger partial charge in [0, 0.05) is 0 Å². The van der Waals surface area contributed by atoms with Gasteiger partial charge in [0.1, 0.15) is 11.5 Å². The molecule has 0 unspecified atom stereocenters. The van der Waals surface area contributed by atoms with Crippen LogP contribution < -0.4 is 8.37 Å². The molecule has 0 N–H and O–H groups in total. The first kappa shape index (κ1) is 35.2. The summed E-state index contributed by atoms with van der Waals surface area (Å²) in [6.07, 6.45) is 27.9. The van der Waals surface area contributed by atoms with Gasteiger partial charge < -0.3 is 8.37 Å². The highest BCUT2D eigenvalue weighted by Crippen LogP contribution is 2.22. The maximum absolute atomic E-state index is 12.6. The summed E-state index contributed by atoms with van der Waals surface area (Å²) < 4.78 is 35.9. The van der Waals surface area contributed by atoms with E-state index in [0.29, 0.717) is 11.5 Å². The summed E-state index contributed by atoms with van der Waals surface area (Å²) in [4.78, 5) is 0. The van der Waals surface area contributed by atoms with Crippen LogP contribution in [0.1, 0.15) is 153 Å². The molecule has 0 spiro atoms. The molecule has 232 valence electrons. The molecule has 0 amide bonds. The highest BCUT2D eigenvalue weighted by Gasteiger charge is 2.16. The van der Waals surface area contributed by atoms with Crippen molar-refractivity contribution in [2.24, 2.45) is 0 Å². The van der Waals surface area contributed by atoms with E-state index in [1.165, 1.54) is 116 Å². The fourth-order valence-electron chi connectivity index (χ4n) is 5.39. The lowest BCUT2D eigenvalue weighted by atomic mass is 10.0. The predicted molar refractivity (Wildman–Crippen MR) is 174 cm³/mol. The first-order valence-electron chi connectivity index (χ1n) is 16.8. The summed E-state index contributed by atoms with van der Waals surface area (Å²) in [5.41, 5.74) is 2.19. The van der Waals surface area contributed by atoms with Crippen molar-refractivity contribution in [1.29, 1.82) is 0 Å². The minimum Gasteiger partial charge on any atom is -0.353 e. The highest BCUT2D eigenvalue weighted by molar-refractivity contribution is 7.82. The minimum absolute atomic E-state index is 0.302. The standard InChI is InChI=1S/C36H58O4S/c1-3-5-7-9-11-13-15-17-19-21-25-33-27-23-29-35(31-33)39-41(37,38)40-36-30-24-28-34(32-36)26-22-20-18-16-14-12-10-8-6-4-2/h23-24,27-32H,3-22,25-26H2,1-2H3.